The van der Waals surface area contributed by atoms with Gasteiger partial charge in [0.25, 0.3) is 0 Å². The third-order valence-corrected chi connectivity index (χ3v) is 4.97. The first-order valence-corrected chi connectivity index (χ1v) is 9.31. The number of anilines is 1. The predicted molar refractivity (Wildman–Crippen MR) is 76.9 cm³/mol. The molecule has 0 heterocycles. The van der Waals surface area contributed by atoms with Gasteiger partial charge in [-0.25, -0.2) is 21.6 Å². The van der Waals surface area contributed by atoms with E-state index in [0.717, 1.165) is 6.26 Å². The number of benzene rings is 1. The average molecular weight is 322 g/mol. The molecule has 9 heteroatoms. The summed E-state index contributed by atoms with van der Waals surface area (Å²) in [6, 6.07) is 4.28. The van der Waals surface area contributed by atoms with Crippen LogP contribution in [-0.4, -0.2) is 42.5 Å². The monoisotopic (exact) mass is 322 g/mol. The van der Waals surface area contributed by atoms with Crippen molar-refractivity contribution in [2.45, 2.75) is 11.3 Å². The first-order valence-electron chi connectivity index (χ1n) is 5.76. The largest absolute Gasteiger partial charge is 0.495 e. The van der Waals surface area contributed by atoms with E-state index >= 15 is 0 Å². The maximum absolute atomic E-state index is 12.1. The Bertz CT molecular complexity index is 668. The zero-order valence-electron chi connectivity index (χ0n) is 11.3. The highest BCUT2D eigenvalue weighted by atomic mass is 32.2. The van der Waals surface area contributed by atoms with Gasteiger partial charge in [0.1, 0.15) is 20.5 Å². The third-order valence-electron chi connectivity index (χ3n) is 2.46. The minimum absolute atomic E-state index is 0.0212. The highest BCUT2D eigenvalue weighted by molar-refractivity contribution is 7.90. The molecule has 20 heavy (non-hydrogen) atoms. The maximum Gasteiger partial charge on any atom is 0.244 e. The fourth-order valence-corrected chi connectivity index (χ4v) is 3.47. The Hall–Kier alpha value is -1.32. The molecule has 0 saturated carbocycles. The molecule has 0 fully saturated rings. The fourth-order valence-electron chi connectivity index (χ4n) is 1.52. The molecule has 0 saturated heterocycles. The van der Waals surface area contributed by atoms with E-state index in [-0.39, 0.29) is 29.4 Å². The van der Waals surface area contributed by atoms with Crippen molar-refractivity contribution in [3.05, 3.63) is 18.2 Å². The van der Waals surface area contributed by atoms with Crippen molar-refractivity contribution in [1.29, 1.82) is 0 Å². The minimum atomic E-state index is -3.79. The lowest BCUT2D eigenvalue weighted by Gasteiger charge is -2.11. The van der Waals surface area contributed by atoms with E-state index in [1.54, 1.807) is 0 Å². The van der Waals surface area contributed by atoms with Crippen LogP contribution in [0.2, 0.25) is 0 Å². The van der Waals surface area contributed by atoms with Crippen molar-refractivity contribution in [1.82, 2.24) is 4.72 Å². The number of hydrogen-bond acceptors (Lipinski definition) is 6. The number of nitrogens with two attached hydrogens (primary N) is 1. The summed E-state index contributed by atoms with van der Waals surface area (Å²) >= 11 is 0. The molecule has 0 amide bonds. The second-order valence-electron chi connectivity index (χ2n) is 4.29. The summed E-state index contributed by atoms with van der Waals surface area (Å²) in [6.45, 7) is 0.0212. The van der Waals surface area contributed by atoms with Crippen molar-refractivity contribution < 1.29 is 21.6 Å². The molecule has 0 aliphatic rings. The number of sulfone groups is 1. The Morgan fingerprint density at radius 1 is 1.25 bits per heavy atom. The molecular formula is C11H18N2O5S2. The number of hydrogen-bond donors (Lipinski definition) is 2. The summed E-state index contributed by atoms with van der Waals surface area (Å²) in [7, 11) is -5.54. The molecule has 0 unspecified atom stereocenters. The normalized spacial score (nSPS) is 12.3. The van der Waals surface area contributed by atoms with E-state index in [2.05, 4.69) is 4.72 Å². The Morgan fingerprint density at radius 3 is 2.45 bits per heavy atom. The average Bonchev–Trinajstić information content (AvgIpc) is 2.33. The van der Waals surface area contributed by atoms with Crippen LogP contribution >= 0.6 is 0 Å². The van der Waals surface area contributed by atoms with Gasteiger partial charge in [-0.2, -0.15) is 0 Å². The molecule has 0 radical (unpaired) electrons. The third kappa shape index (κ3) is 4.99. The topological polar surface area (TPSA) is 116 Å². The van der Waals surface area contributed by atoms with Gasteiger partial charge in [-0.05, 0) is 24.6 Å². The van der Waals surface area contributed by atoms with Gasteiger partial charge in [0.2, 0.25) is 10.0 Å². The second kappa shape index (κ2) is 6.42. The van der Waals surface area contributed by atoms with E-state index in [0.29, 0.717) is 5.69 Å². The molecule has 1 aromatic carbocycles. The first-order chi connectivity index (χ1) is 9.15. The van der Waals surface area contributed by atoms with Gasteiger partial charge in [-0.3, -0.25) is 0 Å². The smallest absolute Gasteiger partial charge is 0.244 e. The second-order valence-corrected chi connectivity index (χ2v) is 8.29. The van der Waals surface area contributed by atoms with Crippen LogP contribution in [0.15, 0.2) is 23.1 Å². The predicted octanol–water partition coefficient (Wildman–Crippen LogP) is -0.00960. The Kier molecular flexibility index (Phi) is 5.37. The molecule has 0 aliphatic carbocycles. The van der Waals surface area contributed by atoms with Crippen LogP contribution in [0.25, 0.3) is 0 Å². The molecule has 7 nitrogen and oxygen atoms in total. The summed E-state index contributed by atoms with van der Waals surface area (Å²) in [5.74, 6) is 0.0960. The Labute approximate surface area is 119 Å². The molecule has 114 valence electrons. The maximum atomic E-state index is 12.1. The number of rotatable bonds is 7. The standard InChI is InChI=1S/C11H18N2O5S2/c1-18-10-5-4-9(12)8-11(10)20(16,17)13-6-3-7-19(2,14)15/h4-5,8,13H,3,6-7,12H2,1-2H3. The van der Waals surface area contributed by atoms with Gasteiger partial charge in [-0.15, -0.1) is 0 Å². The highest BCUT2D eigenvalue weighted by Gasteiger charge is 2.19. The first kappa shape index (κ1) is 16.7. The van der Waals surface area contributed by atoms with Crippen molar-refractivity contribution in [3.8, 4) is 5.75 Å². The molecular weight excluding hydrogens is 304 g/mol. The van der Waals surface area contributed by atoms with E-state index in [9.17, 15) is 16.8 Å². The van der Waals surface area contributed by atoms with Gasteiger partial charge in [0, 0.05) is 18.5 Å². The quantitative estimate of drug-likeness (QED) is 0.539. The molecule has 0 aliphatic heterocycles. The van der Waals surface area contributed by atoms with Crippen molar-refractivity contribution in [2.24, 2.45) is 0 Å². The lowest BCUT2D eigenvalue weighted by Crippen LogP contribution is -2.26. The van der Waals surface area contributed by atoms with Gasteiger partial charge >= 0.3 is 0 Å². The van der Waals surface area contributed by atoms with E-state index in [1.165, 1.54) is 25.3 Å². The van der Waals surface area contributed by atoms with Crippen molar-refractivity contribution in [2.75, 3.05) is 31.4 Å². The summed E-state index contributed by atoms with van der Waals surface area (Å²) < 4.78 is 53.4. The van der Waals surface area contributed by atoms with Gasteiger partial charge in [-0.1, -0.05) is 0 Å². The van der Waals surface area contributed by atoms with Gasteiger partial charge in [0.15, 0.2) is 0 Å². The van der Waals surface area contributed by atoms with E-state index in [4.69, 9.17) is 10.5 Å². The van der Waals surface area contributed by atoms with Gasteiger partial charge in [0.05, 0.1) is 12.9 Å². The molecule has 1 aromatic rings. The fraction of sp³-hybridized carbons (Fsp3) is 0.455. The van der Waals surface area contributed by atoms with E-state index < -0.39 is 19.9 Å². The van der Waals surface area contributed by atoms with Crippen LogP contribution in [0.4, 0.5) is 5.69 Å². The number of methoxy groups -OCH3 is 1. The van der Waals surface area contributed by atoms with Crippen LogP contribution in [0.3, 0.4) is 0 Å². The Morgan fingerprint density at radius 2 is 1.90 bits per heavy atom. The van der Waals surface area contributed by atoms with Crippen LogP contribution < -0.4 is 15.2 Å². The summed E-state index contributed by atoms with van der Waals surface area (Å²) in [6.07, 6.45) is 1.30. The Balaban J connectivity index is 2.81. The molecule has 3 N–H and O–H groups in total. The summed E-state index contributed by atoms with van der Waals surface area (Å²) in [5, 5.41) is 0. The van der Waals surface area contributed by atoms with Crippen LogP contribution in [0.5, 0.6) is 5.75 Å². The lowest BCUT2D eigenvalue weighted by atomic mass is 10.3. The molecule has 0 spiro atoms. The van der Waals surface area contributed by atoms with E-state index in [1.807, 2.05) is 0 Å². The SMILES string of the molecule is COc1ccc(N)cc1S(=O)(=O)NCCCS(C)(=O)=O. The number of nitrogens with one attached hydrogen (secondary N) is 1. The molecule has 0 atom stereocenters. The molecule has 0 bridgehead atoms. The lowest BCUT2D eigenvalue weighted by molar-refractivity contribution is 0.402. The minimum Gasteiger partial charge on any atom is -0.495 e. The molecule has 0 aromatic heterocycles. The van der Waals surface area contributed by atoms with Crippen LogP contribution in [0, 0.1) is 0 Å². The van der Waals surface area contributed by atoms with Crippen LogP contribution in [-0.2, 0) is 19.9 Å². The number of nitrogen functional groups attached to an aromatic ring is 1. The summed E-state index contributed by atoms with van der Waals surface area (Å²) in [5.41, 5.74) is 5.86. The van der Waals surface area contributed by atoms with Crippen molar-refractivity contribution in [3.63, 3.8) is 0 Å². The summed E-state index contributed by atoms with van der Waals surface area (Å²) in [4.78, 5) is -0.0700. The van der Waals surface area contributed by atoms with Crippen LogP contribution in [0.1, 0.15) is 6.42 Å². The highest BCUT2D eigenvalue weighted by Crippen LogP contribution is 2.25. The zero-order valence-corrected chi connectivity index (χ0v) is 12.9. The number of ether oxygens (including phenoxy) is 1. The zero-order chi connectivity index (χ0) is 15.4. The molecule has 1 rings (SSSR count). The van der Waals surface area contributed by atoms with Crippen molar-refractivity contribution >= 4 is 25.5 Å². The number of sulfonamides is 1. The van der Waals surface area contributed by atoms with Gasteiger partial charge < -0.3 is 10.5 Å².